The zero-order valence-corrected chi connectivity index (χ0v) is 20.3. The summed E-state index contributed by atoms with van der Waals surface area (Å²) in [5, 5.41) is 15.4. The summed E-state index contributed by atoms with van der Waals surface area (Å²) in [6.07, 6.45) is 3.60. The minimum atomic E-state index is -0.341. The number of ether oxygens (including phenoxy) is 2. The topological polar surface area (TPSA) is 59.8 Å². The SMILES string of the molecule is CCCC[C@H](O)CN(CCC)Cc1c(-c2ccccc2)nn(C)c1Oc1ccccc1OC. The van der Waals surface area contributed by atoms with Crippen LogP contribution in [0.15, 0.2) is 54.6 Å². The van der Waals surface area contributed by atoms with E-state index in [-0.39, 0.29) is 6.10 Å². The Labute approximate surface area is 197 Å². The lowest BCUT2D eigenvalue weighted by Gasteiger charge is -2.25. The summed E-state index contributed by atoms with van der Waals surface area (Å²) in [5.41, 5.74) is 2.94. The van der Waals surface area contributed by atoms with E-state index in [0.717, 1.165) is 49.0 Å². The van der Waals surface area contributed by atoms with Crippen LogP contribution in [0.5, 0.6) is 17.4 Å². The van der Waals surface area contributed by atoms with Gasteiger partial charge >= 0.3 is 0 Å². The summed E-state index contributed by atoms with van der Waals surface area (Å²) >= 11 is 0. The van der Waals surface area contributed by atoms with Crippen LogP contribution in [0, 0.1) is 0 Å². The lowest BCUT2D eigenvalue weighted by Crippen LogP contribution is -2.33. The lowest BCUT2D eigenvalue weighted by molar-refractivity contribution is 0.0992. The average molecular weight is 452 g/mol. The van der Waals surface area contributed by atoms with E-state index in [2.05, 4.69) is 30.9 Å². The largest absolute Gasteiger partial charge is 0.493 e. The Kier molecular flexibility index (Phi) is 9.34. The first kappa shape index (κ1) is 24.8. The molecule has 0 aliphatic rings. The molecule has 6 nitrogen and oxygen atoms in total. The number of aromatic nitrogens is 2. The average Bonchev–Trinajstić information content (AvgIpc) is 3.13. The summed E-state index contributed by atoms with van der Waals surface area (Å²) in [6, 6.07) is 17.8. The van der Waals surface area contributed by atoms with E-state index in [1.165, 1.54) is 0 Å². The van der Waals surface area contributed by atoms with Gasteiger partial charge in [-0.05, 0) is 31.5 Å². The maximum atomic E-state index is 10.6. The molecule has 0 radical (unpaired) electrons. The number of aliphatic hydroxyl groups excluding tert-OH is 1. The Balaban J connectivity index is 1.98. The van der Waals surface area contributed by atoms with Gasteiger partial charge in [0.05, 0.1) is 18.8 Å². The van der Waals surface area contributed by atoms with Gasteiger partial charge in [0, 0.05) is 25.7 Å². The van der Waals surface area contributed by atoms with Gasteiger partial charge in [0.25, 0.3) is 0 Å². The Morgan fingerprint density at radius 1 is 1.00 bits per heavy atom. The lowest BCUT2D eigenvalue weighted by atomic mass is 10.1. The van der Waals surface area contributed by atoms with Crippen LogP contribution >= 0.6 is 0 Å². The van der Waals surface area contributed by atoms with Crippen LogP contribution in [0.2, 0.25) is 0 Å². The molecule has 178 valence electrons. The molecular formula is C27H37N3O3. The summed E-state index contributed by atoms with van der Waals surface area (Å²) in [5.74, 6) is 2.00. The Morgan fingerprint density at radius 3 is 2.36 bits per heavy atom. The highest BCUT2D eigenvalue weighted by atomic mass is 16.5. The fourth-order valence-corrected chi connectivity index (χ4v) is 4.06. The van der Waals surface area contributed by atoms with E-state index in [0.29, 0.717) is 30.5 Å². The molecule has 1 heterocycles. The number of para-hydroxylation sites is 2. The Morgan fingerprint density at radius 2 is 1.70 bits per heavy atom. The maximum absolute atomic E-state index is 10.6. The van der Waals surface area contributed by atoms with Crippen molar-refractivity contribution in [2.75, 3.05) is 20.2 Å². The van der Waals surface area contributed by atoms with E-state index in [9.17, 15) is 5.11 Å². The van der Waals surface area contributed by atoms with E-state index >= 15 is 0 Å². The van der Waals surface area contributed by atoms with Crippen molar-refractivity contribution in [1.29, 1.82) is 0 Å². The molecule has 6 heteroatoms. The number of benzene rings is 2. The van der Waals surface area contributed by atoms with Gasteiger partial charge in [0.15, 0.2) is 11.5 Å². The van der Waals surface area contributed by atoms with Crippen LogP contribution in [0.1, 0.15) is 45.1 Å². The van der Waals surface area contributed by atoms with Crippen LogP contribution in [-0.2, 0) is 13.6 Å². The van der Waals surface area contributed by atoms with Crippen LogP contribution in [0.4, 0.5) is 0 Å². The third-order valence-corrected chi connectivity index (χ3v) is 5.69. The highest BCUT2D eigenvalue weighted by Gasteiger charge is 2.23. The molecule has 0 saturated heterocycles. The van der Waals surface area contributed by atoms with Gasteiger partial charge in [-0.15, -0.1) is 0 Å². The first-order valence-corrected chi connectivity index (χ1v) is 11.9. The van der Waals surface area contributed by atoms with E-state index < -0.39 is 0 Å². The zero-order valence-electron chi connectivity index (χ0n) is 20.3. The van der Waals surface area contributed by atoms with Gasteiger partial charge in [-0.2, -0.15) is 5.10 Å². The molecule has 0 fully saturated rings. The number of aliphatic hydroxyl groups is 1. The quantitative estimate of drug-likeness (QED) is 0.364. The van der Waals surface area contributed by atoms with Crippen molar-refractivity contribution in [3.05, 3.63) is 60.2 Å². The summed E-state index contributed by atoms with van der Waals surface area (Å²) in [6.45, 7) is 6.48. The first-order valence-electron chi connectivity index (χ1n) is 11.9. The fraction of sp³-hybridized carbons (Fsp3) is 0.444. The van der Waals surface area contributed by atoms with Gasteiger partial charge in [-0.1, -0.05) is 69.2 Å². The molecule has 0 amide bonds. The predicted octanol–water partition coefficient (Wildman–Crippen LogP) is 5.65. The Bertz CT molecular complexity index is 988. The van der Waals surface area contributed by atoms with Crippen LogP contribution in [-0.4, -0.2) is 46.1 Å². The number of hydrogen-bond acceptors (Lipinski definition) is 5. The second kappa shape index (κ2) is 12.4. The van der Waals surface area contributed by atoms with Crippen molar-refractivity contribution in [3.8, 4) is 28.6 Å². The molecule has 1 atom stereocenters. The molecular weight excluding hydrogens is 414 g/mol. The fourth-order valence-electron chi connectivity index (χ4n) is 4.06. The van der Waals surface area contributed by atoms with Crippen LogP contribution in [0.25, 0.3) is 11.3 Å². The van der Waals surface area contributed by atoms with E-state index in [4.69, 9.17) is 14.6 Å². The third kappa shape index (κ3) is 6.59. The van der Waals surface area contributed by atoms with Crippen molar-refractivity contribution in [2.45, 2.75) is 52.2 Å². The van der Waals surface area contributed by atoms with E-state index in [1.54, 1.807) is 11.8 Å². The minimum absolute atomic E-state index is 0.341. The second-order valence-electron chi connectivity index (χ2n) is 8.41. The van der Waals surface area contributed by atoms with Gasteiger partial charge in [-0.25, -0.2) is 4.68 Å². The van der Waals surface area contributed by atoms with Crippen molar-refractivity contribution in [2.24, 2.45) is 7.05 Å². The zero-order chi connectivity index (χ0) is 23.6. The van der Waals surface area contributed by atoms with Gasteiger partial charge < -0.3 is 14.6 Å². The predicted molar refractivity (Wildman–Crippen MR) is 133 cm³/mol. The third-order valence-electron chi connectivity index (χ3n) is 5.69. The van der Waals surface area contributed by atoms with Crippen molar-refractivity contribution in [3.63, 3.8) is 0 Å². The molecule has 2 aromatic carbocycles. The van der Waals surface area contributed by atoms with E-state index in [1.807, 2.05) is 49.5 Å². The molecule has 0 saturated carbocycles. The normalized spacial score (nSPS) is 12.2. The number of hydrogen-bond donors (Lipinski definition) is 1. The molecule has 0 aliphatic heterocycles. The number of methoxy groups -OCH3 is 1. The number of aryl methyl sites for hydroxylation is 1. The molecule has 1 N–H and O–H groups in total. The molecule has 1 aromatic heterocycles. The van der Waals surface area contributed by atoms with Gasteiger partial charge in [-0.3, -0.25) is 4.90 Å². The highest BCUT2D eigenvalue weighted by Crippen LogP contribution is 2.37. The summed E-state index contributed by atoms with van der Waals surface area (Å²) in [7, 11) is 3.55. The standard InChI is InChI=1S/C27H37N3O3/c1-5-7-15-22(31)19-30(18-6-2)20-23-26(21-13-9-8-10-14-21)28-29(3)27(23)33-25-17-12-11-16-24(25)32-4/h8-14,16-17,22,31H,5-7,15,18-20H2,1-4H3/t22-/m0/s1. The highest BCUT2D eigenvalue weighted by molar-refractivity contribution is 5.65. The second-order valence-corrected chi connectivity index (χ2v) is 8.41. The van der Waals surface area contributed by atoms with Crippen molar-refractivity contribution in [1.82, 2.24) is 14.7 Å². The summed E-state index contributed by atoms with van der Waals surface area (Å²) < 4.78 is 13.7. The number of rotatable bonds is 13. The van der Waals surface area contributed by atoms with Crippen LogP contribution in [0.3, 0.4) is 0 Å². The molecule has 0 bridgehead atoms. The molecule has 0 spiro atoms. The van der Waals surface area contributed by atoms with Crippen LogP contribution < -0.4 is 9.47 Å². The van der Waals surface area contributed by atoms with Gasteiger partial charge in [0.2, 0.25) is 5.88 Å². The van der Waals surface area contributed by atoms with Crippen molar-refractivity contribution < 1.29 is 14.6 Å². The molecule has 33 heavy (non-hydrogen) atoms. The maximum Gasteiger partial charge on any atom is 0.222 e. The van der Waals surface area contributed by atoms with Gasteiger partial charge in [0.1, 0.15) is 5.69 Å². The molecule has 3 rings (SSSR count). The number of unbranched alkanes of at least 4 members (excludes halogenated alkanes) is 1. The summed E-state index contributed by atoms with van der Waals surface area (Å²) in [4.78, 5) is 2.30. The molecule has 0 unspecified atom stereocenters. The smallest absolute Gasteiger partial charge is 0.222 e. The first-order chi connectivity index (χ1) is 16.1. The number of nitrogens with zero attached hydrogens (tertiary/aromatic N) is 3. The molecule has 3 aromatic rings. The molecule has 0 aliphatic carbocycles. The monoisotopic (exact) mass is 451 g/mol. The Hall–Kier alpha value is -2.83. The van der Waals surface area contributed by atoms with Crippen molar-refractivity contribution >= 4 is 0 Å². The minimum Gasteiger partial charge on any atom is -0.493 e.